The lowest BCUT2D eigenvalue weighted by molar-refractivity contribution is -0.118. The van der Waals surface area contributed by atoms with Crippen LogP contribution in [0.2, 0.25) is 0 Å². The number of amides is 1. The van der Waals surface area contributed by atoms with Crippen LogP contribution in [-0.2, 0) is 4.79 Å². The predicted octanol–water partition coefficient (Wildman–Crippen LogP) is 3.21. The molecule has 96 valence electrons. The zero-order valence-electron chi connectivity index (χ0n) is 10.9. The molecule has 2 aromatic rings. The zero-order chi connectivity index (χ0) is 13.3. The number of nitrogens with one attached hydrogen (secondary N) is 1. The molecular formula is C13H16N2O2S. The van der Waals surface area contributed by atoms with E-state index in [2.05, 4.69) is 10.3 Å². The van der Waals surface area contributed by atoms with Crippen molar-refractivity contribution in [1.29, 1.82) is 0 Å². The van der Waals surface area contributed by atoms with Crippen LogP contribution < -0.4 is 10.1 Å². The molecule has 0 aliphatic carbocycles. The van der Waals surface area contributed by atoms with Crippen LogP contribution in [0.15, 0.2) is 12.1 Å². The first-order valence-corrected chi connectivity index (χ1v) is 6.59. The summed E-state index contributed by atoms with van der Waals surface area (Å²) in [4.78, 5) is 16.1. The fourth-order valence-electron chi connectivity index (χ4n) is 1.58. The van der Waals surface area contributed by atoms with Crippen LogP contribution >= 0.6 is 11.3 Å². The Morgan fingerprint density at radius 3 is 2.78 bits per heavy atom. The number of rotatable bonds is 3. The third-order valence-corrected chi connectivity index (χ3v) is 3.78. The molecular weight excluding hydrogens is 248 g/mol. The minimum atomic E-state index is -0.0556. The van der Waals surface area contributed by atoms with Crippen molar-refractivity contribution in [3.63, 3.8) is 0 Å². The summed E-state index contributed by atoms with van der Waals surface area (Å²) in [6.07, 6.45) is 0. The molecule has 0 saturated carbocycles. The van der Waals surface area contributed by atoms with Crippen molar-refractivity contribution in [3.8, 4) is 5.75 Å². The number of fused-ring (bicyclic) bond motifs is 1. The van der Waals surface area contributed by atoms with Gasteiger partial charge in [-0.1, -0.05) is 31.3 Å². The van der Waals surface area contributed by atoms with E-state index in [0.717, 1.165) is 21.5 Å². The monoisotopic (exact) mass is 264 g/mol. The van der Waals surface area contributed by atoms with Gasteiger partial charge in [0, 0.05) is 5.92 Å². The number of hydrogen-bond acceptors (Lipinski definition) is 4. The number of carbonyl (C=O) groups excluding carboxylic acids is 1. The molecule has 1 amide bonds. The second kappa shape index (κ2) is 4.94. The quantitative estimate of drug-likeness (QED) is 0.926. The van der Waals surface area contributed by atoms with Crippen LogP contribution in [0.5, 0.6) is 5.75 Å². The molecule has 0 spiro atoms. The second-order valence-corrected chi connectivity index (χ2v) is 5.42. The number of carbonyl (C=O) groups is 1. The Hall–Kier alpha value is -1.62. The number of aryl methyl sites for hydroxylation is 1. The largest absolute Gasteiger partial charge is 0.494 e. The Morgan fingerprint density at radius 1 is 1.44 bits per heavy atom. The first-order chi connectivity index (χ1) is 8.52. The average Bonchev–Trinajstić information content (AvgIpc) is 2.74. The Kier molecular flexibility index (Phi) is 3.52. The third-order valence-electron chi connectivity index (χ3n) is 2.68. The molecule has 2 rings (SSSR count). The number of methoxy groups -OCH3 is 1. The maximum absolute atomic E-state index is 11.7. The molecule has 0 aliphatic heterocycles. The molecule has 18 heavy (non-hydrogen) atoms. The minimum Gasteiger partial charge on any atom is -0.494 e. The molecule has 1 heterocycles. The molecule has 1 N–H and O–H groups in total. The summed E-state index contributed by atoms with van der Waals surface area (Å²) in [6.45, 7) is 5.73. The highest BCUT2D eigenvalue weighted by molar-refractivity contribution is 7.22. The Balaban J connectivity index is 2.43. The molecule has 4 nitrogen and oxygen atoms in total. The molecule has 0 saturated heterocycles. The van der Waals surface area contributed by atoms with Crippen LogP contribution in [0.4, 0.5) is 5.13 Å². The highest BCUT2D eigenvalue weighted by Crippen LogP contribution is 2.34. The summed E-state index contributed by atoms with van der Waals surface area (Å²) in [5, 5.41) is 3.44. The molecule has 1 aromatic heterocycles. The van der Waals surface area contributed by atoms with Gasteiger partial charge in [0.2, 0.25) is 5.91 Å². The molecule has 0 fully saturated rings. The van der Waals surface area contributed by atoms with E-state index in [1.165, 1.54) is 11.3 Å². The first-order valence-electron chi connectivity index (χ1n) is 5.78. The lowest BCUT2D eigenvalue weighted by atomic mass is 10.2. The Bertz CT molecular complexity index is 590. The lowest BCUT2D eigenvalue weighted by Crippen LogP contribution is -2.17. The summed E-state index contributed by atoms with van der Waals surface area (Å²) >= 11 is 1.48. The van der Waals surface area contributed by atoms with Gasteiger partial charge < -0.3 is 10.1 Å². The number of ether oxygens (including phenoxy) is 1. The summed E-state index contributed by atoms with van der Waals surface area (Å²) in [5.41, 5.74) is 1.94. The van der Waals surface area contributed by atoms with Crippen LogP contribution in [0.25, 0.3) is 10.2 Å². The summed E-state index contributed by atoms with van der Waals surface area (Å²) in [5.74, 6) is 0.655. The van der Waals surface area contributed by atoms with Gasteiger partial charge in [-0.2, -0.15) is 0 Å². The van der Waals surface area contributed by atoms with Crippen molar-refractivity contribution in [2.45, 2.75) is 20.8 Å². The van der Waals surface area contributed by atoms with Crippen molar-refractivity contribution < 1.29 is 9.53 Å². The SMILES string of the molecule is COc1ccc(C)c2sc(NC(=O)C(C)C)nc12. The molecule has 1 aromatic carbocycles. The third kappa shape index (κ3) is 2.31. The van der Waals surface area contributed by atoms with Gasteiger partial charge >= 0.3 is 0 Å². The van der Waals surface area contributed by atoms with E-state index < -0.39 is 0 Å². The standard InChI is InChI=1S/C13H16N2O2S/c1-7(2)12(16)15-13-14-10-9(17-4)6-5-8(3)11(10)18-13/h5-7H,1-4H3,(H,14,15,16). The number of hydrogen-bond donors (Lipinski definition) is 1. The fourth-order valence-corrected chi connectivity index (χ4v) is 2.53. The van der Waals surface area contributed by atoms with Crippen molar-refractivity contribution in [1.82, 2.24) is 4.98 Å². The van der Waals surface area contributed by atoms with Crippen LogP contribution in [0.3, 0.4) is 0 Å². The van der Waals surface area contributed by atoms with Gasteiger partial charge in [-0.15, -0.1) is 0 Å². The van der Waals surface area contributed by atoms with Crippen molar-refractivity contribution >= 4 is 32.6 Å². The normalized spacial score (nSPS) is 10.9. The first kappa shape index (κ1) is 12.8. The molecule has 0 unspecified atom stereocenters. The number of benzene rings is 1. The van der Waals surface area contributed by atoms with Gasteiger partial charge in [-0.25, -0.2) is 4.98 Å². The van der Waals surface area contributed by atoms with Gasteiger partial charge in [0.1, 0.15) is 11.3 Å². The molecule has 5 heteroatoms. The van der Waals surface area contributed by atoms with Crippen molar-refractivity contribution in [3.05, 3.63) is 17.7 Å². The highest BCUT2D eigenvalue weighted by Gasteiger charge is 2.14. The molecule has 0 radical (unpaired) electrons. The average molecular weight is 264 g/mol. The van der Waals surface area contributed by atoms with Gasteiger partial charge in [-0.3, -0.25) is 4.79 Å². The van der Waals surface area contributed by atoms with Crippen LogP contribution in [-0.4, -0.2) is 18.0 Å². The van der Waals surface area contributed by atoms with E-state index >= 15 is 0 Å². The van der Waals surface area contributed by atoms with E-state index in [1.807, 2.05) is 32.9 Å². The van der Waals surface area contributed by atoms with Crippen LogP contribution in [0, 0.1) is 12.8 Å². The topological polar surface area (TPSA) is 51.2 Å². The molecule has 0 atom stereocenters. The van der Waals surface area contributed by atoms with Gasteiger partial charge in [0.15, 0.2) is 5.13 Å². The number of thiazole rings is 1. The van der Waals surface area contributed by atoms with E-state index in [4.69, 9.17) is 4.74 Å². The lowest BCUT2D eigenvalue weighted by Gasteiger charge is -2.03. The van der Waals surface area contributed by atoms with Crippen molar-refractivity contribution in [2.24, 2.45) is 5.92 Å². The van der Waals surface area contributed by atoms with Crippen molar-refractivity contribution in [2.75, 3.05) is 12.4 Å². The fraction of sp³-hybridized carbons (Fsp3) is 0.385. The van der Waals surface area contributed by atoms with E-state index in [0.29, 0.717) is 5.13 Å². The smallest absolute Gasteiger partial charge is 0.228 e. The number of aromatic nitrogens is 1. The molecule has 0 aliphatic rings. The van der Waals surface area contributed by atoms with Crippen LogP contribution in [0.1, 0.15) is 19.4 Å². The molecule has 0 bridgehead atoms. The summed E-state index contributed by atoms with van der Waals surface area (Å²) < 4.78 is 6.33. The number of anilines is 1. The van der Waals surface area contributed by atoms with Gasteiger partial charge in [-0.05, 0) is 18.6 Å². The highest BCUT2D eigenvalue weighted by atomic mass is 32.1. The Morgan fingerprint density at radius 2 is 2.17 bits per heavy atom. The van der Waals surface area contributed by atoms with Gasteiger partial charge in [0.25, 0.3) is 0 Å². The maximum atomic E-state index is 11.7. The summed E-state index contributed by atoms with van der Waals surface area (Å²) in [7, 11) is 1.62. The number of nitrogens with zero attached hydrogens (tertiary/aromatic N) is 1. The van der Waals surface area contributed by atoms with E-state index in [9.17, 15) is 4.79 Å². The second-order valence-electron chi connectivity index (χ2n) is 4.43. The van der Waals surface area contributed by atoms with Gasteiger partial charge in [0.05, 0.1) is 11.8 Å². The summed E-state index contributed by atoms with van der Waals surface area (Å²) in [6, 6.07) is 3.89. The zero-order valence-corrected chi connectivity index (χ0v) is 11.7. The van der Waals surface area contributed by atoms with E-state index in [-0.39, 0.29) is 11.8 Å². The maximum Gasteiger partial charge on any atom is 0.228 e. The predicted molar refractivity (Wildman–Crippen MR) is 74.4 cm³/mol. The van der Waals surface area contributed by atoms with E-state index in [1.54, 1.807) is 7.11 Å². The minimum absolute atomic E-state index is 0.0225. The Labute approximate surface area is 110 Å².